The predicted molar refractivity (Wildman–Crippen MR) is 87.8 cm³/mol. The Morgan fingerprint density at radius 2 is 1.96 bits per heavy atom. The molecule has 7 heteroatoms. The lowest BCUT2D eigenvalue weighted by Gasteiger charge is -2.22. The second-order valence-corrected chi connectivity index (χ2v) is 7.64. The Kier molecular flexibility index (Phi) is 4.66. The van der Waals surface area contributed by atoms with E-state index in [9.17, 15) is 13.2 Å². The maximum absolute atomic E-state index is 12.0. The molecule has 1 heterocycles. The second kappa shape index (κ2) is 6.70. The Hall–Kier alpha value is -1.89. The van der Waals surface area contributed by atoms with Crippen LogP contribution in [0.3, 0.4) is 0 Å². The van der Waals surface area contributed by atoms with Crippen LogP contribution < -0.4 is 10.0 Å². The molecule has 1 aromatic rings. The maximum atomic E-state index is 12.0. The van der Waals surface area contributed by atoms with Gasteiger partial charge in [-0.1, -0.05) is 31.4 Å². The molecule has 0 spiro atoms. The Morgan fingerprint density at radius 3 is 2.74 bits per heavy atom. The van der Waals surface area contributed by atoms with Crippen LogP contribution in [0.2, 0.25) is 0 Å². The van der Waals surface area contributed by atoms with E-state index in [1.54, 1.807) is 24.3 Å². The van der Waals surface area contributed by atoms with Crippen LogP contribution in [-0.4, -0.2) is 32.7 Å². The van der Waals surface area contributed by atoms with Gasteiger partial charge in [0.2, 0.25) is 5.91 Å². The molecule has 2 aliphatic rings. The van der Waals surface area contributed by atoms with Crippen LogP contribution in [0.5, 0.6) is 0 Å². The number of nitrogens with zero attached hydrogens (tertiary/aromatic N) is 1. The first-order chi connectivity index (χ1) is 11.1. The summed E-state index contributed by atoms with van der Waals surface area (Å²) in [7, 11) is -3.51. The molecule has 0 radical (unpaired) electrons. The molecule has 1 aliphatic carbocycles. The van der Waals surface area contributed by atoms with Gasteiger partial charge in [-0.3, -0.25) is 14.5 Å². The van der Waals surface area contributed by atoms with Gasteiger partial charge in [0.25, 0.3) is 10.0 Å². The first-order valence-corrected chi connectivity index (χ1v) is 9.50. The van der Waals surface area contributed by atoms with E-state index in [2.05, 4.69) is 15.0 Å². The molecule has 1 aliphatic heterocycles. The topological polar surface area (TPSA) is 87.6 Å². The minimum Gasteiger partial charge on any atom is -0.353 e. The molecular formula is C16H21N3O3S. The van der Waals surface area contributed by atoms with Crippen molar-refractivity contribution in [3.63, 3.8) is 0 Å². The molecule has 2 N–H and O–H groups in total. The zero-order valence-corrected chi connectivity index (χ0v) is 13.7. The lowest BCUT2D eigenvalue weighted by atomic mass is 9.95. The highest BCUT2D eigenvalue weighted by Crippen LogP contribution is 2.22. The summed E-state index contributed by atoms with van der Waals surface area (Å²) in [6.45, 7) is 0.269. The Balaban J connectivity index is 1.58. The summed E-state index contributed by atoms with van der Waals surface area (Å²) < 4.78 is 26.3. The molecule has 0 atom stereocenters. The highest BCUT2D eigenvalue weighted by Gasteiger charge is 2.29. The molecule has 1 aromatic carbocycles. The van der Waals surface area contributed by atoms with Crippen LogP contribution in [-0.2, 0) is 14.8 Å². The van der Waals surface area contributed by atoms with Gasteiger partial charge < -0.3 is 5.32 Å². The summed E-state index contributed by atoms with van der Waals surface area (Å²) in [6.07, 6.45) is 5.96. The summed E-state index contributed by atoms with van der Waals surface area (Å²) in [5.74, 6) is 0.307. The van der Waals surface area contributed by atoms with E-state index in [4.69, 9.17) is 0 Å². The van der Waals surface area contributed by atoms with Crippen molar-refractivity contribution in [1.29, 1.82) is 0 Å². The van der Waals surface area contributed by atoms with Crippen LogP contribution in [0.15, 0.2) is 34.2 Å². The molecule has 23 heavy (non-hydrogen) atoms. The van der Waals surface area contributed by atoms with E-state index in [1.807, 2.05) is 0 Å². The van der Waals surface area contributed by atoms with Crippen molar-refractivity contribution in [2.75, 3.05) is 6.54 Å². The fraction of sp³-hybridized carbons (Fsp3) is 0.500. The van der Waals surface area contributed by atoms with Crippen LogP contribution in [0, 0.1) is 0 Å². The van der Waals surface area contributed by atoms with Crippen molar-refractivity contribution >= 4 is 21.8 Å². The molecular weight excluding hydrogens is 314 g/mol. The Bertz CT molecular complexity index is 722. The van der Waals surface area contributed by atoms with Crippen molar-refractivity contribution in [1.82, 2.24) is 10.0 Å². The standard InChI is InChI=1S/C16H21N3O3S/c20-15(18-12-6-2-1-3-7-12)10-11-17-16-13-8-4-5-9-14(13)23(21,22)19-16/h4-5,8-9,12H,1-3,6-7,10-11H2,(H,17,19)(H,18,20). The molecule has 0 saturated heterocycles. The lowest BCUT2D eigenvalue weighted by Crippen LogP contribution is -2.36. The summed E-state index contributed by atoms with van der Waals surface area (Å²) in [4.78, 5) is 16.4. The molecule has 1 amide bonds. The lowest BCUT2D eigenvalue weighted by molar-refractivity contribution is -0.121. The van der Waals surface area contributed by atoms with Gasteiger partial charge in [-0.2, -0.15) is 0 Å². The quantitative estimate of drug-likeness (QED) is 0.875. The minimum atomic E-state index is -3.51. The molecule has 124 valence electrons. The third-order valence-electron chi connectivity index (χ3n) is 4.24. The van der Waals surface area contributed by atoms with E-state index in [1.165, 1.54) is 19.3 Å². The minimum absolute atomic E-state index is 0.0182. The molecule has 6 nitrogen and oxygen atoms in total. The average Bonchev–Trinajstić information content (AvgIpc) is 2.80. The summed E-state index contributed by atoms with van der Waals surface area (Å²) in [5, 5.41) is 3.03. The predicted octanol–water partition coefficient (Wildman–Crippen LogP) is 1.56. The van der Waals surface area contributed by atoms with Crippen LogP contribution in [0.25, 0.3) is 0 Å². The SMILES string of the molecule is O=C(CCN=C1NS(=O)(=O)c2ccccc21)NC1CCCCC1. The first-order valence-electron chi connectivity index (χ1n) is 8.02. The highest BCUT2D eigenvalue weighted by atomic mass is 32.2. The van der Waals surface area contributed by atoms with Gasteiger partial charge in [-0.05, 0) is 25.0 Å². The summed E-state index contributed by atoms with van der Waals surface area (Å²) >= 11 is 0. The van der Waals surface area contributed by atoms with Crippen molar-refractivity contribution in [3.8, 4) is 0 Å². The number of nitrogens with one attached hydrogen (secondary N) is 2. The summed E-state index contributed by atoms with van der Waals surface area (Å²) in [5.41, 5.74) is 0.570. The number of carbonyl (C=O) groups excluding carboxylic acids is 1. The van der Waals surface area contributed by atoms with E-state index >= 15 is 0 Å². The third kappa shape index (κ3) is 3.72. The Labute approximate surface area is 136 Å². The fourth-order valence-corrected chi connectivity index (χ4v) is 4.32. The van der Waals surface area contributed by atoms with E-state index in [0.717, 1.165) is 12.8 Å². The smallest absolute Gasteiger partial charge is 0.263 e. The van der Waals surface area contributed by atoms with Gasteiger partial charge in [-0.25, -0.2) is 8.42 Å². The van der Waals surface area contributed by atoms with Crippen LogP contribution in [0.4, 0.5) is 0 Å². The van der Waals surface area contributed by atoms with E-state index < -0.39 is 10.0 Å². The molecule has 0 aromatic heterocycles. The van der Waals surface area contributed by atoms with Crippen LogP contribution >= 0.6 is 0 Å². The van der Waals surface area contributed by atoms with Crippen LogP contribution in [0.1, 0.15) is 44.1 Å². The van der Waals surface area contributed by atoms with Crippen molar-refractivity contribution in [2.45, 2.75) is 49.5 Å². The van der Waals surface area contributed by atoms with Gasteiger partial charge in [-0.15, -0.1) is 0 Å². The zero-order valence-electron chi connectivity index (χ0n) is 12.9. The number of fused-ring (bicyclic) bond motifs is 1. The summed E-state index contributed by atoms with van der Waals surface area (Å²) in [6, 6.07) is 7.00. The first kappa shape index (κ1) is 16.0. The van der Waals surface area contributed by atoms with Gasteiger partial charge in [0, 0.05) is 18.0 Å². The second-order valence-electron chi connectivity index (χ2n) is 5.98. The number of carbonyl (C=O) groups is 1. The number of amidine groups is 1. The maximum Gasteiger partial charge on any atom is 0.263 e. The van der Waals surface area contributed by atoms with Gasteiger partial charge in [0.15, 0.2) is 0 Å². The fourth-order valence-electron chi connectivity index (χ4n) is 3.07. The number of rotatable bonds is 4. The largest absolute Gasteiger partial charge is 0.353 e. The normalized spacial score (nSPS) is 21.7. The van der Waals surface area contributed by atoms with Gasteiger partial charge in [0.1, 0.15) is 5.84 Å². The number of benzene rings is 1. The third-order valence-corrected chi connectivity index (χ3v) is 5.64. The van der Waals surface area contributed by atoms with E-state index in [0.29, 0.717) is 11.4 Å². The number of hydrogen-bond acceptors (Lipinski definition) is 4. The van der Waals surface area contributed by atoms with Crippen molar-refractivity contribution < 1.29 is 13.2 Å². The molecule has 1 saturated carbocycles. The molecule has 0 bridgehead atoms. The van der Waals surface area contributed by atoms with E-state index in [-0.39, 0.29) is 29.8 Å². The van der Waals surface area contributed by atoms with Gasteiger partial charge in [0.05, 0.1) is 11.4 Å². The molecule has 3 rings (SSSR count). The van der Waals surface area contributed by atoms with Crippen molar-refractivity contribution in [3.05, 3.63) is 29.8 Å². The number of amides is 1. The molecule has 0 unspecified atom stereocenters. The van der Waals surface area contributed by atoms with Gasteiger partial charge >= 0.3 is 0 Å². The average molecular weight is 335 g/mol. The molecule has 1 fully saturated rings. The zero-order chi connectivity index (χ0) is 16.3. The number of sulfonamides is 1. The Morgan fingerprint density at radius 1 is 1.22 bits per heavy atom. The number of hydrogen-bond donors (Lipinski definition) is 2. The highest BCUT2D eigenvalue weighted by molar-refractivity contribution is 7.90. The monoisotopic (exact) mass is 335 g/mol. The number of aliphatic imine (C=N–C) groups is 1. The van der Waals surface area contributed by atoms with Crippen molar-refractivity contribution in [2.24, 2.45) is 4.99 Å².